The van der Waals surface area contributed by atoms with Gasteiger partial charge in [0, 0.05) is 44.6 Å². The number of rotatable bonds is 3. The molecule has 0 bridgehead atoms. The van der Waals surface area contributed by atoms with Crippen molar-refractivity contribution in [3.63, 3.8) is 0 Å². The van der Waals surface area contributed by atoms with Crippen molar-refractivity contribution in [2.24, 2.45) is 0 Å². The molecule has 3 rings (SSSR count). The summed E-state index contributed by atoms with van der Waals surface area (Å²) in [6.07, 6.45) is 7.10. The normalized spacial score (nSPS) is 25.0. The Labute approximate surface area is 132 Å². The number of aromatic nitrogens is 1. The largest absolute Gasteiger partial charge is 0.339 e. The summed E-state index contributed by atoms with van der Waals surface area (Å²) in [6.45, 7) is 6.75. The lowest BCUT2D eigenvalue weighted by atomic mass is 10.0. The fourth-order valence-corrected chi connectivity index (χ4v) is 3.45. The Morgan fingerprint density at radius 1 is 1.32 bits per heavy atom. The van der Waals surface area contributed by atoms with Gasteiger partial charge in [0.05, 0.1) is 6.04 Å². The van der Waals surface area contributed by atoms with Gasteiger partial charge in [-0.05, 0) is 37.9 Å². The molecule has 22 heavy (non-hydrogen) atoms. The summed E-state index contributed by atoms with van der Waals surface area (Å²) in [5.74, 6) is 0.299. The Bertz CT molecular complexity index is 479. The lowest BCUT2D eigenvalue weighted by Crippen LogP contribution is -2.55. The second-order valence-electron chi connectivity index (χ2n) is 6.33. The van der Waals surface area contributed by atoms with Crippen molar-refractivity contribution in [2.75, 3.05) is 32.7 Å². The van der Waals surface area contributed by atoms with E-state index in [2.05, 4.69) is 28.2 Å². The van der Waals surface area contributed by atoms with Gasteiger partial charge in [0.1, 0.15) is 0 Å². The average Bonchev–Trinajstić information content (AvgIpc) is 2.62. The highest BCUT2D eigenvalue weighted by Crippen LogP contribution is 2.21. The zero-order valence-electron chi connectivity index (χ0n) is 13.4. The maximum Gasteiger partial charge on any atom is 0.239 e. The van der Waals surface area contributed by atoms with Gasteiger partial charge in [-0.15, -0.1) is 0 Å². The zero-order valence-corrected chi connectivity index (χ0v) is 13.4. The van der Waals surface area contributed by atoms with Gasteiger partial charge in [0.2, 0.25) is 5.91 Å². The van der Waals surface area contributed by atoms with Crippen molar-refractivity contribution >= 4 is 5.91 Å². The Hall–Kier alpha value is -1.46. The molecule has 2 aliphatic rings. The maximum absolute atomic E-state index is 12.5. The van der Waals surface area contributed by atoms with Crippen LogP contribution < -0.4 is 5.32 Å². The predicted octanol–water partition coefficient (Wildman–Crippen LogP) is 1.43. The summed E-state index contributed by atoms with van der Waals surface area (Å²) in [5, 5.41) is 3.36. The third kappa shape index (κ3) is 3.47. The Kier molecular flexibility index (Phi) is 5.05. The lowest BCUT2D eigenvalue weighted by molar-refractivity contribution is -0.136. The molecule has 5 nitrogen and oxygen atoms in total. The van der Waals surface area contributed by atoms with Crippen molar-refractivity contribution in [1.82, 2.24) is 20.1 Å². The van der Waals surface area contributed by atoms with Gasteiger partial charge in [-0.1, -0.05) is 12.5 Å². The van der Waals surface area contributed by atoms with Crippen molar-refractivity contribution < 1.29 is 4.79 Å². The van der Waals surface area contributed by atoms with Crippen LogP contribution in [-0.4, -0.2) is 59.5 Å². The van der Waals surface area contributed by atoms with E-state index in [9.17, 15) is 4.79 Å². The second-order valence-corrected chi connectivity index (χ2v) is 6.33. The zero-order chi connectivity index (χ0) is 15.4. The summed E-state index contributed by atoms with van der Waals surface area (Å²) in [5.41, 5.74) is 1.25. The van der Waals surface area contributed by atoms with Crippen LogP contribution in [0, 0.1) is 0 Å². The van der Waals surface area contributed by atoms with Gasteiger partial charge in [0.15, 0.2) is 0 Å². The highest BCUT2D eigenvalue weighted by molar-refractivity contribution is 5.82. The summed E-state index contributed by atoms with van der Waals surface area (Å²) in [4.78, 5) is 21.2. The number of nitrogens with one attached hydrogen (secondary N) is 1. The number of carbonyl (C=O) groups is 1. The van der Waals surface area contributed by atoms with Gasteiger partial charge >= 0.3 is 0 Å². The van der Waals surface area contributed by atoms with Crippen molar-refractivity contribution in [2.45, 2.75) is 38.3 Å². The van der Waals surface area contributed by atoms with Crippen LogP contribution in [0.25, 0.3) is 0 Å². The number of piperidine rings is 1. The van der Waals surface area contributed by atoms with Crippen LogP contribution in [0.1, 0.15) is 37.8 Å². The Morgan fingerprint density at radius 3 is 2.77 bits per heavy atom. The molecule has 5 heteroatoms. The molecular formula is C17H26N4O. The molecule has 1 aromatic heterocycles. The summed E-state index contributed by atoms with van der Waals surface area (Å²) < 4.78 is 0. The van der Waals surface area contributed by atoms with E-state index >= 15 is 0 Å². The van der Waals surface area contributed by atoms with Crippen molar-refractivity contribution in [3.05, 3.63) is 30.1 Å². The lowest BCUT2D eigenvalue weighted by Gasteiger charge is -2.39. The first-order valence-corrected chi connectivity index (χ1v) is 8.42. The molecule has 0 saturated carbocycles. The molecule has 120 valence electrons. The number of pyridine rings is 1. The molecular weight excluding hydrogens is 276 g/mol. The molecule has 3 heterocycles. The van der Waals surface area contributed by atoms with Crippen LogP contribution >= 0.6 is 0 Å². The minimum atomic E-state index is 0.0519. The molecule has 1 unspecified atom stereocenters. The topological polar surface area (TPSA) is 48.5 Å². The number of hydrogen-bond acceptors (Lipinski definition) is 4. The molecule has 2 aliphatic heterocycles. The van der Waals surface area contributed by atoms with E-state index < -0.39 is 0 Å². The highest BCUT2D eigenvalue weighted by Gasteiger charge is 2.29. The maximum atomic E-state index is 12.5. The third-order valence-electron chi connectivity index (χ3n) is 4.95. The van der Waals surface area contributed by atoms with E-state index in [0.29, 0.717) is 11.9 Å². The highest BCUT2D eigenvalue weighted by atomic mass is 16.2. The molecule has 1 amide bonds. The van der Waals surface area contributed by atoms with E-state index in [1.807, 2.05) is 23.4 Å². The molecule has 2 saturated heterocycles. The minimum absolute atomic E-state index is 0.0519. The molecule has 2 atom stereocenters. The standard InChI is InChI=1S/C17H26N4O/c1-14(15-5-4-7-18-13-15)20-9-11-21(12-10-20)17(22)16-6-2-3-8-19-16/h4-5,7,13-14,16,19H,2-3,6,8-12H2,1H3/t14?,16-/m1/s1. The Balaban J connectivity index is 1.52. The van der Waals surface area contributed by atoms with E-state index in [-0.39, 0.29) is 6.04 Å². The number of hydrogen-bond donors (Lipinski definition) is 1. The smallest absolute Gasteiger partial charge is 0.239 e. The molecule has 0 aromatic carbocycles. The van der Waals surface area contributed by atoms with Gasteiger partial charge in [-0.25, -0.2) is 0 Å². The predicted molar refractivity (Wildman–Crippen MR) is 86.4 cm³/mol. The molecule has 1 N–H and O–H groups in total. The first-order valence-electron chi connectivity index (χ1n) is 8.42. The molecule has 1 aromatic rings. The number of amides is 1. The van der Waals surface area contributed by atoms with Crippen LogP contribution in [-0.2, 0) is 4.79 Å². The summed E-state index contributed by atoms with van der Waals surface area (Å²) >= 11 is 0. The monoisotopic (exact) mass is 302 g/mol. The van der Waals surface area contributed by atoms with Gasteiger partial charge < -0.3 is 10.2 Å². The third-order valence-corrected chi connectivity index (χ3v) is 4.95. The Morgan fingerprint density at radius 2 is 2.14 bits per heavy atom. The fraction of sp³-hybridized carbons (Fsp3) is 0.647. The van der Waals surface area contributed by atoms with Crippen LogP contribution in [0.15, 0.2) is 24.5 Å². The fourth-order valence-electron chi connectivity index (χ4n) is 3.45. The van der Waals surface area contributed by atoms with Gasteiger partial charge in [-0.3, -0.25) is 14.7 Å². The van der Waals surface area contributed by atoms with Gasteiger partial charge in [-0.2, -0.15) is 0 Å². The van der Waals surface area contributed by atoms with E-state index in [1.165, 1.54) is 18.4 Å². The quantitative estimate of drug-likeness (QED) is 0.917. The minimum Gasteiger partial charge on any atom is -0.339 e. The van der Waals surface area contributed by atoms with Crippen LogP contribution in [0.5, 0.6) is 0 Å². The van der Waals surface area contributed by atoms with E-state index in [4.69, 9.17) is 0 Å². The summed E-state index contributed by atoms with van der Waals surface area (Å²) in [7, 11) is 0. The van der Waals surface area contributed by atoms with E-state index in [0.717, 1.165) is 39.1 Å². The van der Waals surface area contributed by atoms with E-state index in [1.54, 1.807) is 0 Å². The number of nitrogens with zero attached hydrogens (tertiary/aromatic N) is 3. The summed E-state index contributed by atoms with van der Waals surface area (Å²) in [6, 6.07) is 4.52. The molecule has 2 fully saturated rings. The average molecular weight is 302 g/mol. The first kappa shape index (κ1) is 15.4. The SMILES string of the molecule is CC(c1cccnc1)N1CCN(C(=O)[C@H]2CCCCN2)CC1. The molecule has 0 spiro atoms. The van der Waals surface area contributed by atoms with Gasteiger partial charge in [0.25, 0.3) is 0 Å². The first-order chi connectivity index (χ1) is 10.8. The van der Waals surface area contributed by atoms with Crippen molar-refractivity contribution in [1.29, 1.82) is 0 Å². The number of piperazine rings is 1. The molecule has 0 radical (unpaired) electrons. The molecule has 0 aliphatic carbocycles. The van der Waals surface area contributed by atoms with Crippen LogP contribution in [0.2, 0.25) is 0 Å². The second kappa shape index (κ2) is 7.20. The van der Waals surface area contributed by atoms with Crippen molar-refractivity contribution in [3.8, 4) is 0 Å². The van der Waals surface area contributed by atoms with Crippen LogP contribution in [0.3, 0.4) is 0 Å². The van der Waals surface area contributed by atoms with Crippen LogP contribution in [0.4, 0.5) is 0 Å². The number of carbonyl (C=O) groups excluding carboxylic acids is 1.